The number of hydrogen-bond donors (Lipinski definition) is 2. The van der Waals surface area contributed by atoms with Gasteiger partial charge in [-0.05, 0) is 0 Å². The highest BCUT2D eigenvalue weighted by molar-refractivity contribution is 5.20. The van der Waals surface area contributed by atoms with Crippen molar-refractivity contribution in [2.75, 3.05) is 26.8 Å². The van der Waals surface area contributed by atoms with E-state index < -0.39 is 11.0 Å². The van der Waals surface area contributed by atoms with Gasteiger partial charge in [-0.1, -0.05) is 0 Å². The van der Waals surface area contributed by atoms with Crippen molar-refractivity contribution >= 4 is 5.69 Å². The maximum Gasteiger partial charge on any atom is 0.306 e. The van der Waals surface area contributed by atoms with E-state index in [2.05, 4.69) is 10.4 Å². The maximum absolute atomic E-state index is 10.4. The Kier molecular flexibility index (Phi) is 5.53. The molecule has 1 heterocycles. The van der Waals surface area contributed by atoms with E-state index in [0.717, 1.165) is 6.20 Å². The van der Waals surface area contributed by atoms with Gasteiger partial charge in [0.2, 0.25) is 0 Å². The molecule has 2 N–H and O–H groups in total. The maximum atomic E-state index is 10.4. The number of nitrogens with one attached hydrogen (secondary N) is 1. The van der Waals surface area contributed by atoms with Crippen molar-refractivity contribution in [2.45, 2.75) is 12.6 Å². The normalized spacial score (nSPS) is 12.6. The summed E-state index contributed by atoms with van der Waals surface area (Å²) in [6.07, 6.45) is 1.80. The third kappa shape index (κ3) is 4.89. The molecule has 17 heavy (non-hydrogen) atoms. The van der Waals surface area contributed by atoms with E-state index in [4.69, 9.17) is 4.74 Å². The van der Waals surface area contributed by atoms with Gasteiger partial charge >= 0.3 is 5.69 Å². The van der Waals surface area contributed by atoms with Crippen LogP contribution in [0.2, 0.25) is 0 Å². The quantitative estimate of drug-likeness (QED) is 0.359. The number of methoxy groups -OCH3 is 1. The van der Waals surface area contributed by atoms with Crippen LogP contribution in [0.25, 0.3) is 0 Å². The molecular weight excluding hydrogens is 228 g/mol. The molecule has 0 saturated carbocycles. The molecule has 1 aromatic heterocycles. The molecule has 0 saturated heterocycles. The van der Waals surface area contributed by atoms with Crippen molar-refractivity contribution in [2.24, 2.45) is 0 Å². The van der Waals surface area contributed by atoms with Crippen LogP contribution in [0.5, 0.6) is 0 Å². The minimum absolute atomic E-state index is 0.0791. The van der Waals surface area contributed by atoms with Gasteiger partial charge in [-0.15, -0.1) is 0 Å². The Bertz CT molecular complexity index is 355. The fraction of sp³-hybridized carbons (Fsp3) is 0.667. The van der Waals surface area contributed by atoms with E-state index in [1.54, 1.807) is 7.11 Å². The van der Waals surface area contributed by atoms with E-state index in [1.807, 2.05) is 0 Å². The van der Waals surface area contributed by atoms with Crippen LogP contribution in [-0.4, -0.2) is 52.7 Å². The van der Waals surface area contributed by atoms with Crippen molar-refractivity contribution in [1.29, 1.82) is 0 Å². The molecule has 0 bridgehead atoms. The van der Waals surface area contributed by atoms with Gasteiger partial charge in [0, 0.05) is 20.2 Å². The van der Waals surface area contributed by atoms with Gasteiger partial charge in [0.15, 0.2) is 0 Å². The van der Waals surface area contributed by atoms with E-state index >= 15 is 0 Å². The first-order chi connectivity index (χ1) is 8.13. The topological polar surface area (TPSA) is 102 Å². The van der Waals surface area contributed by atoms with Gasteiger partial charge < -0.3 is 15.2 Å². The molecule has 0 fully saturated rings. The summed E-state index contributed by atoms with van der Waals surface area (Å²) in [4.78, 5) is 9.89. The zero-order chi connectivity index (χ0) is 12.7. The lowest BCUT2D eigenvalue weighted by atomic mass is 10.3. The molecule has 8 nitrogen and oxygen atoms in total. The largest absolute Gasteiger partial charge is 0.390 e. The first kappa shape index (κ1) is 13.6. The highest BCUT2D eigenvalue weighted by Crippen LogP contribution is 2.07. The van der Waals surface area contributed by atoms with E-state index in [1.165, 1.54) is 10.9 Å². The molecule has 0 aromatic carbocycles. The Morgan fingerprint density at radius 3 is 3.12 bits per heavy atom. The monoisotopic (exact) mass is 244 g/mol. The van der Waals surface area contributed by atoms with Crippen molar-refractivity contribution in [3.8, 4) is 0 Å². The van der Waals surface area contributed by atoms with Crippen LogP contribution >= 0.6 is 0 Å². The number of nitro groups is 1. The van der Waals surface area contributed by atoms with Gasteiger partial charge in [0.25, 0.3) is 0 Å². The summed E-state index contributed by atoms with van der Waals surface area (Å²) in [7, 11) is 1.60. The molecule has 96 valence electrons. The van der Waals surface area contributed by atoms with Crippen LogP contribution < -0.4 is 5.32 Å². The van der Waals surface area contributed by atoms with Crippen molar-refractivity contribution in [1.82, 2.24) is 15.1 Å². The van der Waals surface area contributed by atoms with Crippen LogP contribution in [0, 0.1) is 10.1 Å². The number of aliphatic hydroxyl groups excluding tert-OH is 1. The molecule has 0 spiro atoms. The minimum atomic E-state index is -0.647. The summed E-state index contributed by atoms with van der Waals surface area (Å²) < 4.78 is 6.18. The smallest absolute Gasteiger partial charge is 0.306 e. The standard InChI is InChI=1S/C9H16N4O4/c1-17-3-2-10-5-9(14)7-12-6-8(4-11-12)13(15)16/h4,6,9-10,14H,2-3,5,7H2,1H3. The summed E-state index contributed by atoms with van der Waals surface area (Å²) >= 11 is 0. The predicted octanol–water partition coefficient (Wildman–Crippen LogP) is -0.612. The molecule has 0 radical (unpaired) electrons. The molecule has 1 rings (SSSR count). The third-order valence-corrected chi connectivity index (χ3v) is 2.09. The Labute approximate surface area is 98.3 Å². The molecule has 0 aliphatic carbocycles. The number of rotatable bonds is 8. The molecule has 0 aliphatic heterocycles. The van der Waals surface area contributed by atoms with Crippen molar-refractivity contribution in [3.05, 3.63) is 22.5 Å². The van der Waals surface area contributed by atoms with E-state index in [9.17, 15) is 15.2 Å². The summed E-state index contributed by atoms with van der Waals surface area (Å²) in [6, 6.07) is 0. The predicted molar refractivity (Wildman–Crippen MR) is 59.6 cm³/mol. The molecule has 1 aromatic rings. The summed E-state index contributed by atoms with van der Waals surface area (Å²) in [6.45, 7) is 1.82. The van der Waals surface area contributed by atoms with Gasteiger partial charge in [-0.3, -0.25) is 14.8 Å². The molecule has 8 heteroatoms. The second-order valence-electron chi connectivity index (χ2n) is 3.53. The molecular formula is C9H16N4O4. The lowest BCUT2D eigenvalue weighted by Crippen LogP contribution is -2.32. The van der Waals surface area contributed by atoms with Gasteiger partial charge in [0.1, 0.15) is 12.4 Å². The van der Waals surface area contributed by atoms with Crippen molar-refractivity contribution < 1.29 is 14.8 Å². The second kappa shape index (κ2) is 6.94. The Morgan fingerprint density at radius 1 is 1.76 bits per heavy atom. The summed E-state index contributed by atoms with van der Waals surface area (Å²) in [5.41, 5.74) is -0.0791. The number of hydrogen-bond acceptors (Lipinski definition) is 6. The fourth-order valence-corrected chi connectivity index (χ4v) is 1.27. The van der Waals surface area contributed by atoms with Gasteiger partial charge in [-0.25, -0.2) is 0 Å². The highest BCUT2D eigenvalue weighted by atomic mass is 16.6. The molecule has 1 unspecified atom stereocenters. The summed E-state index contributed by atoms with van der Waals surface area (Å²) in [5, 5.41) is 26.8. The van der Waals surface area contributed by atoms with Crippen LogP contribution in [0.3, 0.4) is 0 Å². The summed E-state index contributed by atoms with van der Waals surface area (Å²) in [5.74, 6) is 0. The molecule has 1 atom stereocenters. The number of nitrogens with zero attached hydrogens (tertiary/aromatic N) is 3. The number of aliphatic hydroxyl groups is 1. The van der Waals surface area contributed by atoms with E-state index in [-0.39, 0.29) is 12.2 Å². The average Bonchev–Trinajstić information content (AvgIpc) is 2.73. The minimum Gasteiger partial charge on any atom is -0.390 e. The third-order valence-electron chi connectivity index (χ3n) is 2.09. The zero-order valence-corrected chi connectivity index (χ0v) is 9.57. The second-order valence-corrected chi connectivity index (χ2v) is 3.53. The highest BCUT2D eigenvalue weighted by Gasteiger charge is 2.11. The lowest BCUT2D eigenvalue weighted by Gasteiger charge is -2.11. The number of ether oxygens (including phenoxy) is 1. The first-order valence-corrected chi connectivity index (χ1v) is 5.18. The Balaban J connectivity index is 2.29. The first-order valence-electron chi connectivity index (χ1n) is 5.18. The van der Waals surface area contributed by atoms with Gasteiger partial charge in [-0.2, -0.15) is 5.10 Å². The SMILES string of the molecule is COCCNCC(O)Cn1cc([N+](=O)[O-])cn1. The van der Waals surface area contributed by atoms with E-state index in [0.29, 0.717) is 19.7 Å². The Morgan fingerprint density at radius 2 is 2.53 bits per heavy atom. The van der Waals surface area contributed by atoms with Crippen LogP contribution in [-0.2, 0) is 11.3 Å². The van der Waals surface area contributed by atoms with Crippen LogP contribution in [0.4, 0.5) is 5.69 Å². The van der Waals surface area contributed by atoms with Crippen LogP contribution in [0.15, 0.2) is 12.4 Å². The molecule has 0 amide bonds. The van der Waals surface area contributed by atoms with Gasteiger partial charge in [0.05, 0.1) is 24.2 Å². The van der Waals surface area contributed by atoms with Crippen LogP contribution in [0.1, 0.15) is 0 Å². The Hall–Kier alpha value is -1.51. The molecule has 0 aliphatic rings. The number of aromatic nitrogens is 2. The average molecular weight is 244 g/mol. The van der Waals surface area contributed by atoms with Crippen molar-refractivity contribution in [3.63, 3.8) is 0 Å². The lowest BCUT2D eigenvalue weighted by molar-refractivity contribution is -0.385. The zero-order valence-electron chi connectivity index (χ0n) is 9.57. The fourth-order valence-electron chi connectivity index (χ4n) is 1.27.